The second kappa shape index (κ2) is 7.44. The zero-order chi connectivity index (χ0) is 14.3. The molecular formula is C6H15N5O7. The summed E-state index contributed by atoms with van der Waals surface area (Å²) in [4.78, 5) is 8.36. The second-order valence-corrected chi connectivity index (χ2v) is 3.21. The van der Waals surface area contributed by atoms with E-state index in [9.17, 15) is 10.2 Å². The molecule has 0 aromatic carbocycles. The van der Waals surface area contributed by atoms with Crippen molar-refractivity contribution in [2.24, 2.45) is 16.6 Å². The quantitative estimate of drug-likeness (QED) is 0.111. The molecule has 0 spiro atoms. The van der Waals surface area contributed by atoms with Crippen LogP contribution in [0.2, 0.25) is 0 Å². The number of nitrogens with zero attached hydrogens (tertiary/aromatic N) is 2. The van der Waals surface area contributed by atoms with Gasteiger partial charge in [0.05, 0.1) is 6.61 Å². The lowest BCUT2D eigenvalue weighted by molar-refractivity contribution is -0.742. The van der Waals surface area contributed by atoms with E-state index in [1.165, 1.54) is 0 Å². The predicted molar refractivity (Wildman–Crippen MR) is 55.5 cm³/mol. The molecule has 12 heteroatoms. The number of hydrogen-bond acceptors (Lipinski definition) is 8. The highest BCUT2D eigenvalue weighted by molar-refractivity contribution is 5.75. The molecule has 106 valence electrons. The topological polar surface area (TPSA) is 210 Å². The smallest absolute Gasteiger partial charge is 0.291 e. The van der Waals surface area contributed by atoms with Crippen molar-refractivity contribution in [1.82, 2.24) is 5.43 Å². The van der Waals surface area contributed by atoms with Gasteiger partial charge in [0.25, 0.3) is 5.09 Å². The molecule has 1 aliphatic heterocycles. The Kier molecular flexibility index (Phi) is 6.66. The minimum absolute atomic E-state index is 0.101. The fraction of sp³-hybridized carbons (Fsp3) is 0.833. The Labute approximate surface area is 101 Å². The van der Waals surface area contributed by atoms with Gasteiger partial charge in [0.2, 0.25) is 5.96 Å². The lowest BCUT2D eigenvalue weighted by atomic mass is 10.1. The van der Waals surface area contributed by atoms with Crippen molar-refractivity contribution < 1.29 is 30.4 Å². The van der Waals surface area contributed by atoms with E-state index in [2.05, 4.69) is 10.5 Å². The van der Waals surface area contributed by atoms with Crippen molar-refractivity contribution in [1.29, 1.82) is 0 Å². The summed E-state index contributed by atoms with van der Waals surface area (Å²) in [7, 11) is 0. The Bertz CT molecular complexity index is 292. The first-order chi connectivity index (χ1) is 8.25. The van der Waals surface area contributed by atoms with Crippen LogP contribution in [0.1, 0.15) is 0 Å². The van der Waals surface area contributed by atoms with Gasteiger partial charge in [-0.3, -0.25) is 5.43 Å². The lowest BCUT2D eigenvalue weighted by Crippen LogP contribution is -2.57. The maximum absolute atomic E-state index is 9.37. The summed E-state index contributed by atoms with van der Waals surface area (Å²) in [5, 5.41) is 44.8. The van der Waals surface area contributed by atoms with E-state index in [1.807, 2.05) is 0 Å². The van der Waals surface area contributed by atoms with Crippen LogP contribution in [0.15, 0.2) is 5.10 Å². The summed E-state index contributed by atoms with van der Waals surface area (Å²) in [5.41, 5.74) is 12.4. The number of nitrogens with two attached hydrogens (primary N) is 2. The van der Waals surface area contributed by atoms with Gasteiger partial charge < -0.3 is 36.7 Å². The highest BCUT2D eigenvalue weighted by Crippen LogP contribution is 2.13. The molecule has 4 atom stereocenters. The van der Waals surface area contributed by atoms with Crippen molar-refractivity contribution in [3.05, 3.63) is 10.1 Å². The molecule has 18 heavy (non-hydrogen) atoms. The van der Waals surface area contributed by atoms with Crippen molar-refractivity contribution in [2.75, 3.05) is 6.61 Å². The van der Waals surface area contributed by atoms with E-state index < -0.39 is 29.6 Å². The highest BCUT2D eigenvalue weighted by atomic mass is 16.9. The molecule has 1 rings (SSSR count). The number of rotatable bonds is 2. The van der Waals surface area contributed by atoms with Gasteiger partial charge in [0.1, 0.15) is 18.3 Å². The fourth-order valence-corrected chi connectivity index (χ4v) is 1.06. The summed E-state index contributed by atoms with van der Waals surface area (Å²) in [6.45, 7) is -0.101. The number of aliphatic hydroxyl groups excluding tert-OH is 3. The summed E-state index contributed by atoms with van der Waals surface area (Å²) >= 11 is 0. The van der Waals surface area contributed by atoms with E-state index in [4.69, 9.17) is 36.6 Å². The van der Waals surface area contributed by atoms with E-state index in [-0.39, 0.29) is 12.6 Å². The molecule has 1 fully saturated rings. The number of hydrazone groups is 1. The number of aliphatic hydroxyl groups is 3. The standard InChI is InChI=1S/C6H14N4O4.HNO3/c7-6(8)10-9-5-4(13)3(12)2(11)1-14-5;2-1(3)4/h2-5,9,11-13H,1H2,(H4,7,8,10);(H,2,3,4)/t2-,3-,4+,5+;/m0./s1. The molecular weight excluding hydrogens is 254 g/mol. The van der Waals surface area contributed by atoms with Crippen LogP contribution in [0.4, 0.5) is 0 Å². The summed E-state index contributed by atoms with van der Waals surface area (Å²) in [5.74, 6) is -0.221. The third-order valence-corrected chi connectivity index (χ3v) is 1.82. The van der Waals surface area contributed by atoms with Gasteiger partial charge in [0, 0.05) is 0 Å². The van der Waals surface area contributed by atoms with Gasteiger partial charge >= 0.3 is 0 Å². The Balaban J connectivity index is 0.000000631. The molecule has 1 aliphatic rings. The second-order valence-electron chi connectivity index (χ2n) is 3.21. The van der Waals surface area contributed by atoms with Crippen LogP contribution in [-0.2, 0) is 4.74 Å². The molecule has 0 saturated carbocycles. The lowest BCUT2D eigenvalue weighted by Gasteiger charge is -2.34. The Morgan fingerprint density at radius 1 is 1.39 bits per heavy atom. The van der Waals surface area contributed by atoms with E-state index in [0.29, 0.717) is 0 Å². The van der Waals surface area contributed by atoms with Gasteiger partial charge in [-0.25, -0.2) is 0 Å². The molecule has 12 nitrogen and oxygen atoms in total. The van der Waals surface area contributed by atoms with Crippen LogP contribution < -0.4 is 16.9 Å². The van der Waals surface area contributed by atoms with Gasteiger partial charge in [-0.1, -0.05) is 0 Å². The molecule has 0 aromatic heterocycles. The van der Waals surface area contributed by atoms with Crippen LogP contribution in [0.5, 0.6) is 0 Å². The minimum Gasteiger partial charge on any atom is -0.388 e. The van der Waals surface area contributed by atoms with Gasteiger partial charge in [-0.2, -0.15) is 0 Å². The maximum atomic E-state index is 9.37. The molecule has 1 saturated heterocycles. The van der Waals surface area contributed by atoms with E-state index in [0.717, 1.165) is 0 Å². The molecule has 0 aromatic rings. The normalized spacial score (nSPS) is 30.6. The Morgan fingerprint density at radius 2 is 1.89 bits per heavy atom. The molecule has 0 bridgehead atoms. The summed E-state index contributed by atoms with van der Waals surface area (Å²) < 4.78 is 4.93. The van der Waals surface area contributed by atoms with E-state index >= 15 is 0 Å². The van der Waals surface area contributed by atoms with Crippen molar-refractivity contribution in [3.8, 4) is 0 Å². The van der Waals surface area contributed by atoms with Crippen LogP contribution in [0.3, 0.4) is 0 Å². The van der Waals surface area contributed by atoms with Gasteiger partial charge in [0.15, 0.2) is 6.23 Å². The number of nitrogens with one attached hydrogen (secondary N) is 1. The van der Waals surface area contributed by atoms with Gasteiger partial charge in [-0.15, -0.1) is 15.2 Å². The highest BCUT2D eigenvalue weighted by Gasteiger charge is 2.37. The SMILES string of the molecule is NC(N)=NN[C@@H]1OC[C@H](O)[C@H](O)[C@H]1O.O=[N+]([O-])O. The van der Waals surface area contributed by atoms with Crippen LogP contribution >= 0.6 is 0 Å². The Morgan fingerprint density at radius 3 is 2.33 bits per heavy atom. The zero-order valence-electron chi connectivity index (χ0n) is 9.08. The summed E-state index contributed by atoms with van der Waals surface area (Å²) in [6, 6.07) is 0. The van der Waals surface area contributed by atoms with Gasteiger partial charge in [-0.05, 0) is 0 Å². The van der Waals surface area contributed by atoms with Crippen molar-refractivity contribution in [3.63, 3.8) is 0 Å². The maximum Gasteiger partial charge on any atom is 0.291 e. The number of ether oxygens (including phenoxy) is 1. The molecule has 0 amide bonds. The van der Waals surface area contributed by atoms with Crippen LogP contribution in [0, 0.1) is 10.1 Å². The fourth-order valence-electron chi connectivity index (χ4n) is 1.06. The van der Waals surface area contributed by atoms with Crippen LogP contribution in [-0.4, -0.2) is 62.7 Å². The Hall–Kier alpha value is -1.89. The first-order valence-corrected chi connectivity index (χ1v) is 4.59. The average Bonchev–Trinajstić information content (AvgIpc) is 2.24. The first kappa shape index (κ1) is 16.1. The molecule has 0 aliphatic carbocycles. The first-order valence-electron chi connectivity index (χ1n) is 4.59. The predicted octanol–water partition coefficient (Wildman–Crippen LogP) is -4.14. The molecule has 0 radical (unpaired) electrons. The van der Waals surface area contributed by atoms with Crippen molar-refractivity contribution >= 4 is 5.96 Å². The summed E-state index contributed by atoms with van der Waals surface area (Å²) in [6.07, 6.45) is -4.62. The zero-order valence-corrected chi connectivity index (χ0v) is 9.08. The minimum atomic E-state index is -1.50. The van der Waals surface area contributed by atoms with E-state index in [1.54, 1.807) is 0 Å². The third kappa shape index (κ3) is 6.00. The molecule has 1 heterocycles. The van der Waals surface area contributed by atoms with Crippen LogP contribution in [0.25, 0.3) is 0 Å². The average molecular weight is 269 g/mol. The largest absolute Gasteiger partial charge is 0.388 e. The number of guanidine groups is 1. The number of hydrogen-bond donors (Lipinski definition) is 7. The molecule has 9 N–H and O–H groups in total. The third-order valence-electron chi connectivity index (χ3n) is 1.82. The van der Waals surface area contributed by atoms with Crippen molar-refractivity contribution in [2.45, 2.75) is 24.5 Å². The monoisotopic (exact) mass is 269 g/mol. The molecule has 0 unspecified atom stereocenters.